The molecule has 1 N–H and O–H groups in total. The lowest BCUT2D eigenvalue weighted by Crippen LogP contribution is -2.49. The van der Waals surface area contributed by atoms with Gasteiger partial charge in [0.05, 0.1) is 11.9 Å². The van der Waals surface area contributed by atoms with Crippen molar-refractivity contribution in [1.29, 1.82) is 0 Å². The molecular weight excluding hydrogens is 348 g/mol. The van der Waals surface area contributed by atoms with E-state index in [0.717, 1.165) is 17.4 Å². The second kappa shape index (κ2) is 8.85. The summed E-state index contributed by atoms with van der Waals surface area (Å²) in [5.41, 5.74) is 2.66. The third-order valence-electron chi connectivity index (χ3n) is 4.17. The van der Waals surface area contributed by atoms with E-state index in [4.69, 9.17) is 0 Å². The van der Waals surface area contributed by atoms with Gasteiger partial charge in [-0.3, -0.25) is 9.10 Å². The summed E-state index contributed by atoms with van der Waals surface area (Å²) < 4.78 is 25.9. The van der Waals surface area contributed by atoms with Gasteiger partial charge in [-0.15, -0.1) is 0 Å². The molecule has 0 unspecified atom stereocenters. The van der Waals surface area contributed by atoms with Crippen molar-refractivity contribution in [2.24, 2.45) is 0 Å². The van der Waals surface area contributed by atoms with Crippen molar-refractivity contribution < 1.29 is 13.2 Å². The van der Waals surface area contributed by atoms with Gasteiger partial charge in [-0.2, -0.15) is 0 Å². The molecule has 0 saturated heterocycles. The number of hydrogen-bond acceptors (Lipinski definition) is 3. The summed E-state index contributed by atoms with van der Waals surface area (Å²) >= 11 is 0. The zero-order chi connectivity index (χ0) is 19.2. The number of rotatable bonds is 8. The standard InChI is InChI=1S/C20H26N2O3S/c1-4-19(20(23)21-15-14-17-8-6-5-7-9-17)22(26(3,24)25)18-12-10-16(2)11-13-18/h5-13,19H,4,14-15H2,1-3H3,(H,21,23)/t19-/m0/s1. The fourth-order valence-electron chi connectivity index (χ4n) is 2.84. The number of hydrogen-bond donors (Lipinski definition) is 1. The summed E-state index contributed by atoms with van der Waals surface area (Å²) in [7, 11) is -3.59. The smallest absolute Gasteiger partial charge is 0.243 e. The van der Waals surface area contributed by atoms with E-state index in [0.29, 0.717) is 25.1 Å². The van der Waals surface area contributed by atoms with Crippen LogP contribution >= 0.6 is 0 Å². The molecule has 0 aromatic heterocycles. The molecule has 0 radical (unpaired) electrons. The van der Waals surface area contributed by atoms with Crippen molar-refractivity contribution in [3.05, 3.63) is 65.7 Å². The number of sulfonamides is 1. The van der Waals surface area contributed by atoms with E-state index in [1.165, 1.54) is 4.31 Å². The third kappa shape index (κ3) is 5.33. The van der Waals surface area contributed by atoms with Crippen molar-refractivity contribution in [3.63, 3.8) is 0 Å². The molecule has 0 bridgehead atoms. The number of carbonyl (C=O) groups excluding carboxylic acids is 1. The average Bonchev–Trinajstić information content (AvgIpc) is 2.60. The van der Waals surface area contributed by atoms with Gasteiger partial charge < -0.3 is 5.32 Å². The van der Waals surface area contributed by atoms with E-state index in [1.807, 2.05) is 56.3 Å². The molecule has 0 fully saturated rings. The number of aryl methyl sites for hydroxylation is 1. The Kier molecular flexibility index (Phi) is 6.80. The van der Waals surface area contributed by atoms with Crippen molar-refractivity contribution >= 4 is 21.6 Å². The number of benzene rings is 2. The predicted molar refractivity (Wildman–Crippen MR) is 106 cm³/mol. The maximum absolute atomic E-state index is 12.7. The van der Waals surface area contributed by atoms with E-state index in [9.17, 15) is 13.2 Å². The van der Waals surface area contributed by atoms with Gasteiger partial charge in [-0.25, -0.2) is 8.42 Å². The molecule has 5 nitrogen and oxygen atoms in total. The lowest BCUT2D eigenvalue weighted by Gasteiger charge is -2.30. The average molecular weight is 375 g/mol. The van der Waals surface area contributed by atoms with Crippen LogP contribution in [-0.4, -0.2) is 33.2 Å². The van der Waals surface area contributed by atoms with Gasteiger partial charge in [0.1, 0.15) is 6.04 Å². The zero-order valence-electron chi connectivity index (χ0n) is 15.5. The molecule has 1 atom stereocenters. The molecule has 26 heavy (non-hydrogen) atoms. The molecule has 1 amide bonds. The Labute approximate surface area is 156 Å². The van der Waals surface area contributed by atoms with E-state index >= 15 is 0 Å². The number of carbonyl (C=O) groups is 1. The van der Waals surface area contributed by atoms with Crippen LogP contribution in [0.25, 0.3) is 0 Å². The van der Waals surface area contributed by atoms with Gasteiger partial charge in [0.25, 0.3) is 0 Å². The van der Waals surface area contributed by atoms with Gasteiger partial charge in [0.2, 0.25) is 15.9 Å². The first-order valence-electron chi connectivity index (χ1n) is 8.70. The highest BCUT2D eigenvalue weighted by molar-refractivity contribution is 7.92. The molecule has 0 aliphatic heterocycles. The lowest BCUT2D eigenvalue weighted by molar-refractivity contribution is -0.122. The number of anilines is 1. The molecule has 0 spiro atoms. The molecule has 0 aliphatic rings. The first-order valence-corrected chi connectivity index (χ1v) is 10.6. The summed E-state index contributed by atoms with van der Waals surface area (Å²) in [6.45, 7) is 4.21. The monoisotopic (exact) mass is 374 g/mol. The van der Waals surface area contributed by atoms with Crippen LogP contribution in [0.3, 0.4) is 0 Å². The maximum atomic E-state index is 12.7. The van der Waals surface area contributed by atoms with Crippen LogP contribution in [0.15, 0.2) is 54.6 Å². The highest BCUT2D eigenvalue weighted by Gasteiger charge is 2.31. The lowest BCUT2D eigenvalue weighted by atomic mass is 10.1. The third-order valence-corrected chi connectivity index (χ3v) is 5.35. The summed E-state index contributed by atoms with van der Waals surface area (Å²) in [5.74, 6) is -0.283. The van der Waals surface area contributed by atoms with Crippen molar-refractivity contribution in [2.45, 2.75) is 32.7 Å². The van der Waals surface area contributed by atoms with E-state index < -0.39 is 16.1 Å². The Balaban J connectivity index is 2.13. The van der Waals surface area contributed by atoms with Crippen LogP contribution in [0.4, 0.5) is 5.69 Å². The molecule has 2 aromatic rings. The highest BCUT2D eigenvalue weighted by atomic mass is 32.2. The highest BCUT2D eigenvalue weighted by Crippen LogP contribution is 2.22. The quantitative estimate of drug-likeness (QED) is 0.773. The Morgan fingerprint density at radius 2 is 1.69 bits per heavy atom. The van der Waals surface area contributed by atoms with E-state index in [2.05, 4.69) is 5.32 Å². The first kappa shape index (κ1) is 20.0. The van der Waals surface area contributed by atoms with Crippen molar-refractivity contribution in [3.8, 4) is 0 Å². The van der Waals surface area contributed by atoms with Crippen LogP contribution in [0.2, 0.25) is 0 Å². The van der Waals surface area contributed by atoms with Crippen molar-refractivity contribution in [2.75, 3.05) is 17.1 Å². The predicted octanol–water partition coefficient (Wildman–Crippen LogP) is 2.90. The van der Waals surface area contributed by atoms with Gasteiger partial charge in [0.15, 0.2) is 0 Å². The normalized spacial score (nSPS) is 12.4. The Bertz CT molecular complexity index is 818. The summed E-state index contributed by atoms with van der Waals surface area (Å²) in [5, 5.41) is 2.87. The Morgan fingerprint density at radius 1 is 1.08 bits per heavy atom. The van der Waals surface area contributed by atoms with E-state index in [-0.39, 0.29) is 5.91 Å². The minimum Gasteiger partial charge on any atom is -0.354 e. The Hall–Kier alpha value is -2.34. The topological polar surface area (TPSA) is 66.5 Å². The molecule has 0 aliphatic carbocycles. The molecule has 6 heteroatoms. The van der Waals surface area contributed by atoms with Gasteiger partial charge in [-0.05, 0) is 37.5 Å². The number of nitrogens with one attached hydrogen (secondary N) is 1. The van der Waals surface area contributed by atoms with Gasteiger partial charge in [0, 0.05) is 6.54 Å². The summed E-state index contributed by atoms with van der Waals surface area (Å²) in [6.07, 6.45) is 2.22. The fourth-order valence-corrected chi connectivity index (χ4v) is 4.06. The summed E-state index contributed by atoms with van der Waals surface area (Å²) in [6, 6.07) is 16.2. The van der Waals surface area contributed by atoms with Gasteiger partial charge >= 0.3 is 0 Å². The van der Waals surface area contributed by atoms with E-state index in [1.54, 1.807) is 12.1 Å². The molecule has 2 aromatic carbocycles. The van der Waals surface area contributed by atoms with Gasteiger partial charge in [-0.1, -0.05) is 55.0 Å². The molecule has 140 valence electrons. The minimum atomic E-state index is -3.59. The molecule has 2 rings (SSSR count). The SMILES string of the molecule is CC[C@@H](C(=O)NCCc1ccccc1)N(c1ccc(C)cc1)S(C)(=O)=O. The van der Waals surface area contributed by atoms with Crippen LogP contribution in [0, 0.1) is 6.92 Å². The van der Waals surface area contributed by atoms with Crippen LogP contribution in [0.1, 0.15) is 24.5 Å². The molecular formula is C20H26N2O3S. The molecule has 0 heterocycles. The second-order valence-corrected chi connectivity index (χ2v) is 8.20. The first-order chi connectivity index (χ1) is 12.3. The number of amides is 1. The fraction of sp³-hybridized carbons (Fsp3) is 0.350. The van der Waals surface area contributed by atoms with Crippen LogP contribution in [0.5, 0.6) is 0 Å². The Morgan fingerprint density at radius 3 is 2.23 bits per heavy atom. The van der Waals surface area contributed by atoms with Crippen molar-refractivity contribution in [1.82, 2.24) is 5.32 Å². The largest absolute Gasteiger partial charge is 0.354 e. The van der Waals surface area contributed by atoms with Crippen LogP contribution in [-0.2, 0) is 21.2 Å². The molecule has 0 saturated carbocycles. The maximum Gasteiger partial charge on any atom is 0.243 e. The second-order valence-electron chi connectivity index (χ2n) is 6.35. The zero-order valence-corrected chi connectivity index (χ0v) is 16.3. The minimum absolute atomic E-state index is 0.283. The summed E-state index contributed by atoms with van der Waals surface area (Å²) in [4.78, 5) is 12.7. The number of nitrogens with zero attached hydrogens (tertiary/aromatic N) is 1. The van der Waals surface area contributed by atoms with Crippen LogP contribution < -0.4 is 9.62 Å².